The van der Waals surface area contributed by atoms with Gasteiger partial charge < -0.3 is 15.0 Å². The maximum atomic E-state index is 12.8. The van der Waals surface area contributed by atoms with Crippen LogP contribution in [0.15, 0.2) is 60.2 Å². The molecule has 32 heavy (non-hydrogen) atoms. The van der Waals surface area contributed by atoms with Crippen LogP contribution in [-0.2, 0) is 6.42 Å². The molecule has 0 fully saturated rings. The number of aromatic amines is 1. The van der Waals surface area contributed by atoms with E-state index in [1.54, 1.807) is 13.2 Å². The highest BCUT2D eigenvalue weighted by atomic mass is 16.5. The van der Waals surface area contributed by atoms with Crippen molar-refractivity contribution in [3.8, 4) is 5.75 Å². The van der Waals surface area contributed by atoms with E-state index in [1.165, 1.54) is 5.57 Å². The summed E-state index contributed by atoms with van der Waals surface area (Å²) in [6.07, 6.45) is 4.40. The van der Waals surface area contributed by atoms with Crippen LogP contribution >= 0.6 is 0 Å². The van der Waals surface area contributed by atoms with Gasteiger partial charge in [0.1, 0.15) is 11.6 Å². The summed E-state index contributed by atoms with van der Waals surface area (Å²) in [4.78, 5) is 21.1. The van der Waals surface area contributed by atoms with Gasteiger partial charge in [0.2, 0.25) is 0 Å². The van der Waals surface area contributed by atoms with Crippen LogP contribution in [0.25, 0.3) is 11.0 Å². The van der Waals surface area contributed by atoms with Gasteiger partial charge >= 0.3 is 0 Å². The van der Waals surface area contributed by atoms with E-state index in [4.69, 9.17) is 9.72 Å². The minimum absolute atomic E-state index is 0.0830. The van der Waals surface area contributed by atoms with Crippen molar-refractivity contribution in [1.29, 1.82) is 0 Å². The number of benzene rings is 2. The van der Waals surface area contributed by atoms with Crippen LogP contribution in [0.3, 0.4) is 0 Å². The first kappa shape index (κ1) is 22.1. The standard InChI is InChI=1S/C27H33N3O2/c1-17(2)22-14-19(15-26-29-23-10-6-7-11-24(23)30-26)18(3)13-20(22)16-28-27(31)21-9-5-8-12-25(21)32-4/h5-13,17,19-20,22H,14-16H2,1-4H3,(H,28,31)(H,29,30). The van der Waals surface area contributed by atoms with Crippen molar-refractivity contribution in [2.45, 2.75) is 33.6 Å². The molecule has 5 nitrogen and oxygen atoms in total. The average Bonchev–Trinajstić information content (AvgIpc) is 3.21. The summed E-state index contributed by atoms with van der Waals surface area (Å²) in [7, 11) is 1.59. The van der Waals surface area contributed by atoms with Gasteiger partial charge in [-0.3, -0.25) is 4.79 Å². The quantitative estimate of drug-likeness (QED) is 0.492. The van der Waals surface area contributed by atoms with Crippen LogP contribution in [0.1, 0.15) is 43.4 Å². The minimum Gasteiger partial charge on any atom is -0.496 e. The predicted octanol–water partition coefficient (Wildman–Crippen LogP) is 5.40. The fraction of sp³-hybridized carbons (Fsp3) is 0.407. The van der Waals surface area contributed by atoms with Crippen molar-refractivity contribution >= 4 is 16.9 Å². The number of rotatable bonds is 7. The number of aromatic nitrogens is 2. The highest BCUT2D eigenvalue weighted by molar-refractivity contribution is 5.96. The second-order valence-electron chi connectivity index (χ2n) is 9.23. The Morgan fingerprint density at radius 2 is 1.94 bits per heavy atom. The number of allylic oxidation sites excluding steroid dienone is 1. The summed E-state index contributed by atoms with van der Waals surface area (Å²) in [6.45, 7) is 7.42. The molecule has 0 saturated heterocycles. The minimum atomic E-state index is -0.0830. The zero-order chi connectivity index (χ0) is 22.7. The van der Waals surface area contributed by atoms with E-state index in [-0.39, 0.29) is 5.91 Å². The third kappa shape index (κ3) is 4.72. The molecule has 4 rings (SSSR count). The Morgan fingerprint density at radius 3 is 2.69 bits per heavy atom. The molecule has 1 aliphatic rings. The third-order valence-corrected chi connectivity index (χ3v) is 6.81. The molecule has 5 heteroatoms. The number of carbonyl (C=O) groups is 1. The second-order valence-corrected chi connectivity index (χ2v) is 9.23. The molecule has 0 saturated carbocycles. The number of amides is 1. The van der Waals surface area contributed by atoms with E-state index in [9.17, 15) is 4.79 Å². The van der Waals surface area contributed by atoms with Gasteiger partial charge in [-0.1, -0.05) is 49.8 Å². The summed E-state index contributed by atoms with van der Waals surface area (Å²) < 4.78 is 5.35. The molecule has 3 unspecified atom stereocenters. The van der Waals surface area contributed by atoms with Crippen LogP contribution in [0.5, 0.6) is 5.75 Å². The molecule has 3 atom stereocenters. The summed E-state index contributed by atoms with van der Waals surface area (Å²) >= 11 is 0. The molecule has 168 valence electrons. The molecule has 1 amide bonds. The first-order valence-corrected chi connectivity index (χ1v) is 11.5. The lowest BCUT2D eigenvalue weighted by Gasteiger charge is -2.37. The number of ether oxygens (including phenoxy) is 1. The van der Waals surface area contributed by atoms with E-state index >= 15 is 0 Å². The van der Waals surface area contributed by atoms with Crippen molar-refractivity contribution < 1.29 is 9.53 Å². The SMILES string of the molecule is COc1ccccc1C(=O)NCC1C=C(C)C(Cc2nc3ccccc3[nH]2)CC1C(C)C. The van der Waals surface area contributed by atoms with Crippen molar-refractivity contribution in [3.63, 3.8) is 0 Å². The lowest BCUT2D eigenvalue weighted by Crippen LogP contribution is -2.37. The number of carbonyl (C=O) groups excluding carboxylic acids is 1. The molecule has 0 radical (unpaired) electrons. The lowest BCUT2D eigenvalue weighted by molar-refractivity contribution is 0.0936. The van der Waals surface area contributed by atoms with E-state index in [0.717, 1.165) is 29.7 Å². The van der Waals surface area contributed by atoms with Gasteiger partial charge in [-0.05, 0) is 61.3 Å². The number of hydrogen-bond donors (Lipinski definition) is 2. The molecule has 2 N–H and O–H groups in total. The molecule has 1 aromatic heterocycles. The maximum Gasteiger partial charge on any atom is 0.255 e. The zero-order valence-electron chi connectivity index (χ0n) is 19.4. The van der Waals surface area contributed by atoms with Crippen LogP contribution in [0.4, 0.5) is 0 Å². The highest BCUT2D eigenvalue weighted by Gasteiger charge is 2.32. The predicted molar refractivity (Wildman–Crippen MR) is 129 cm³/mol. The Kier molecular flexibility index (Phi) is 6.63. The second kappa shape index (κ2) is 9.60. The molecule has 1 aliphatic carbocycles. The zero-order valence-corrected chi connectivity index (χ0v) is 19.4. The maximum absolute atomic E-state index is 12.8. The van der Waals surface area contributed by atoms with Gasteiger partial charge in [-0.2, -0.15) is 0 Å². The van der Waals surface area contributed by atoms with Crippen molar-refractivity contribution in [2.24, 2.45) is 23.7 Å². The monoisotopic (exact) mass is 431 g/mol. The number of hydrogen-bond acceptors (Lipinski definition) is 3. The van der Waals surface area contributed by atoms with Crippen molar-refractivity contribution in [3.05, 3.63) is 71.6 Å². The fourth-order valence-corrected chi connectivity index (χ4v) is 4.98. The van der Waals surface area contributed by atoms with Crippen LogP contribution in [0.2, 0.25) is 0 Å². The van der Waals surface area contributed by atoms with Gasteiger partial charge in [0.05, 0.1) is 23.7 Å². The number of fused-ring (bicyclic) bond motifs is 1. The van der Waals surface area contributed by atoms with E-state index in [2.05, 4.69) is 49.3 Å². The Bertz CT molecular complexity index is 1080. The molecular formula is C27H33N3O2. The molecule has 0 aliphatic heterocycles. The molecule has 0 spiro atoms. The lowest BCUT2D eigenvalue weighted by atomic mass is 9.69. The number of H-pyrrole nitrogens is 1. The van der Waals surface area contributed by atoms with Crippen molar-refractivity contribution in [2.75, 3.05) is 13.7 Å². The van der Waals surface area contributed by atoms with E-state index < -0.39 is 0 Å². The van der Waals surface area contributed by atoms with Gasteiger partial charge in [-0.25, -0.2) is 4.98 Å². The Balaban J connectivity index is 1.47. The smallest absolute Gasteiger partial charge is 0.255 e. The van der Waals surface area contributed by atoms with E-state index in [0.29, 0.717) is 41.5 Å². The number of nitrogens with one attached hydrogen (secondary N) is 2. The van der Waals surface area contributed by atoms with Crippen LogP contribution in [0, 0.1) is 23.7 Å². The first-order valence-electron chi connectivity index (χ1n) is 11.5. The molecule has 0 bridgehead atoms. The topological polar surface area (TPSA) is 67.0 Å². The normalized spacial score (nSPS) is 20.9. The molecular weight excluding hydrogens is 398 g/mol. The Morgan fingerprint density at radius 1 is 1.19 bits per heavy atom. The molecule has 3 aromatic rings. The first-order chi connectivity index (χ1) is 15.5. The Labute approximate surface area is 190 Å². The summed E-state index contributed by atoms with van der Waals surface area (Å²) in [5, 5.41) is 3.15. The third-order valence-electron chi connectivity index (χ3n) is 6.81. The number of imidazole rings is 1. The molecule has 2 aromatic carbocycles. The van der Waals surface area contributed by atoms with Gasteiger partial charge in [0.25, 0.3) is 5.91 Å². The van der Waals surface area contributed by atoms with Crippen molar-refractivity contribution in [1.82, 2.24) is 15.3 Å². The average molecular weight is 432 g/mol. The summed E-state index contributed by atoms with van der Waals surface area (Å²) in [6, 6.07) is 15.6. The summed E-state index contributed by atoms with van der Waals surface area (Å²) in [5.74, 6) is 3.39. The highest BCUT2D eigenvalue weighted by Crippen LogP contribution is 2.38. The summed E-state index contributed by atoms with van der Waals surface area (Å²) in [5.41, 5.74) is 4.09. The van der Waals surface area contributed by atoms with Crippen LogP contribution < -0.4 is 10.1 Å². The van der Waals surface area contributed by atoms with E-state index in [1.807, 2.05) is 30.3 Å². The van der Waals surface area contributed by atoms with Crippen LogP contribution in [-0.4, -0.2) is 29.5 Å². The van der Waals surface area contributed by atoms with Gasteiger partial charge in [0.15, 0.2) is 0 Å². The number of para-hydroxylation sites is 3. The number of methoxy groups -OCH3 is 1. The Hall–Kier alpha value is -3.08. The number of nitrogens with zero attached hydrogens (tertiary/aromatic N) is 1. The fourth-order valence-electron chi connectivity index (χ4n) is 4.98. The van der Waals surface area contributed by atoms with Gasteiger partial charge in [0, 0.05) is 13.0 Å². The molecule has 1 heterocycles. The largest absolute Gasteiger partial charge is 0.496 e. The van der Waals surface area contributed by atoms with Gasteiger partial charge in [-0.15, -0.1) is 0 Å².